The molecule has 0 fully saturated rings. The summed E-state index contributed by atoms with van der Waals surface area (Å²) in [6, 6.07) is 14.7. The molecule has 0 aromatic heterocycles. The van der Waals surface area contributed by atoms with E-state index in [1.165, 1.54) is 10.8 Å². The first kappa shape index (κ1) is 28.0. The Bertz CT molecular complexity index is 368. The minimum absolute atomic E-state index is 0. The summed E-state index contributed by atoms with van der Waals surface area (Å²) in [4.78, 5) is 0. The van der Waals surface area contributed by atoms with Gasteiger partial charge in [-0.25, -0.2) is 0 Å². The fourth-order valence-corrected chi connectivity index (χ4v) is 1.07. The molecule has 0 aliphatic rings. The summed E-state index contributed by atoms with van der Waals surface area (Å²) in [5.74, 6) is 0. The van der Waals surface area contributed by atoms with Gasteiger partial charge in [0.05, 0.1) is 0 Å². The molecule has 0 saturated heterocycles. The number of rotatable bonds is 0. The predicted molar refractivity (Wildman–Crippen MR) is 93.9 cm³/mol. The van der Waals surface area contributed by atoms with E-state index in [2.05, 4.69) is 55.6 Å². The van der Waals surface area contributed by atoms with Crippen LogP contribution in [0.4, 0.5) is 0 Å². The molecule has 2 aromatic carbocycles. The Morgan fingerprint density at radius 1 is 1.00 bits per heavy atom. The van der Waals surface area contributed by atoms with Gasteiger partial charge in [-0.1, -0.05) is 39.9 Å². The van der Waals surface area contributed by atoms with Gasteiger partial charge in [0.2, 0.25) is 0 Å². The summed E-state index contributed by atoms with van der Waals surface area (Å²) >= 11 is 0. The SMILES string of the molecule is CC(C)(C)[NH-].C[Si]C.[CH3-].[CH3-].[Ti+4].c1ccc2[cH-]ccc2c1. The van der Waals surface area contributed by atoms with Crippen LogP contribution in [0.3, 0.4) is 0 Å². The van der Waals surface area contributed by atoms with Crippen LogP contribution in [0.2, 0.25) is 13.1 Å². The third-order valence-corrected chi connectivity index (χ3v) is 1.55. The van der Waals surface area contributed by atoms with Gasteiger partial charge in [0, 0.05) is 9.52 Å². The fourth-order valence-electron chi connectivity index (χ4n) is 1.07. The second-order valence-electron chi connectivity index (χ2n) is 4.90. The third kappa shape index (κ3) is 17.7. The van der Waals surface area contributed by atoms with Crippen LogP contribution in [-0.4, -0.2) is 15.1 Å². The van der Waals surface area contributed by atoms with Crippen LogP contribution in [0.5, 0.6) is 0 Å². The molecule has 0 unspecified atom stereocenters. The molecule has 0 aliphatic carbocycles. The predicted octanol–water partition coefficient (Wildman–Crippen LogP) is 6.08. The summed E-state index contributed by atoms with van der Waals surface area (Å²) in [5, 5.41) is 2.66. The Labute approximate surface area is 144 Å². The van der Waals surface area contributed by atoms with Crippen molar-refractivity contribution in [1.29, 1.82) is 0 Å². The van der Waals surface area contributed by atoms with Gasteiger partial charge in [-0.3, -0.25) is 0 Å². The molecule has 2 radical (unpaired) electrons. The largest absolute Gasteiger partial charge is 4.00 e. The second-order valence-corrected chi connectivity index (χ2v) is 5.90. The Hall–Kier alpha value is -0.279. The molecule has 2 rings (SSSR count). The van der Waals surface area contributed by atoms with Crippen molar-refractivity contribution in [2.45, 2.75) is 39.4 Å². The van der Waals surface area contributed by atoms with Crippen molar-refractivity contribution < 1.29 is 21.7 Å². The maximum Gasteiger partial charge on any atom is 4.00 e. The molecule has 2 aromatic rings. The Morgan fingerprint density at radius 3 is 1.80 bits per heavy atom. The number of fused-ring (bicyclic) bond motifs is 1. The quantitative estimate of drug-likeness (QED) is 0.414. The molecule has 0 bridgehead atoms. The summed E-state index contributed by atoms with van der Waals surface area (Å²) in [6.45, 7) is 9.87. The van der Waals surface area contributed by atoms with Gasteiger partial charge in [-0.05, 0) is 0 Å². The van der Waals surface area contributed by atoms with Gasteiger partial charge in [0.25, 0.3) is 0 Å². The van der Waals surface area contributed by atoms with Crippen molar-refractivity contribution in [3.05, 3.63) is 63.1 Å². The van der Waals surface area contributed by atoms with Crippen LogP contribution in [-0.2, 0) is 21.7 Å². The first-order valence-electron chi connectivity index (χ1n) is 5.82. The maximum absolute atomic E-state index is 6.94. The van der Waals surface area contributed by atoms with E-state index in [-0.39, 0.29) is 42.1 Å². The van der Waals surface area contributed by atoms with Crippen molar-refractivity contribution in [3.63, 3.8) is 0 Å². The summed E-state index contributed by atoms with van der Waals surface area (Å²) < 4.78 is 0. The monoisotopic (exact) mass is 323 g/mol. The van der Waals surface area contributed by atoms with Gasteiger partial charge in [0.1, 0.15) is 0 Å². The summed E-state index contributed by atoms with van der Waals surface area (Å²) in [5.41, 5.74) is 6.69. The zero-order valence-corrected chi connectivity index (χ0v) is 16.6. The molecular weight excluding hydrogens is 294 g/mol. The van der Waals surface area contributed by atoms with E-state index in [4.69, 9.17) is 5.73 Å². The summed E-state index contributed by atoms with van der Waals surface area (Å²) in [7, 11) is 1.08. The van der Waals surface area contributed by atoms with E-state index in [0.717, 1.165) is 9.52 Å². The van der Waals surface area contributed by atoms with Crippen LogP contribution in [0.1, 0.15) is 20.8 Å². The van der Waals surface area contributed by atoms with E-state index in [0.29, 0.717) is 0 Å². The molecule has 1 N–H and O–H groups in total. The Balaban J connectivity index is -0.000000103. The van der Waals surface area contributed by atoms with E-state index < -0.39 is 0 Å². The molecule has 0 aliphatic heterocycles. The topological polar surface area (TPSA) is 23.8 Å². The number of nitrogens with one attached hydrogen (secondary N) is 1. The Morgan fingerprint density at radius 2 is 1.40 bits per heavy atom. The normalized spacial score (nSPS) is 8.50. The summed E-state index contributed by atoms with van der Waals surface area (Å²) in [6.07, 6.45) is 0. The molecule has 0 heterocycles. The van der Waals surface area contributed by atoms with Gasteiger partial charge >= 0.3 is 21.7 Å². The maximum atomic E-state index is 6.94. The van der Waals surface area contributed by atoms with Gasteiger partial charge < -0.3 is 20.6 Å². The zero-order valence-electron chi connectivity index (χ0n) is 14.0. The first-order chi connectivity index (χ1) is 7.88. The number of hydrogen-bond acceptors (Lipinski definition) is 0. The second kappa shape index (κ2) is 15.1. The molecule has 0 spiro atoms. The van der Waals surface area contributed by atoms with Crippen molar-refractivity contribution in [3.8, 4) is 0 Å². The van der Waals surface area contributed by atoms with Crippen LogP contribution < -0.4 is 0 Å². The third-order valence-electron chi connectivity index (χ3n) is 1.55. The molecule has 20 heavy (non-hydrogen) atoms. The van der Waals surface area contributed by atoms with Crippen molar-refractivity contribution in [2.75, 3.05) is 0 Å². The van der Waals surface area contributed by atoms with Crippen molar-refractivity contribution in [1.82, 2.24) is 0 Å². The molecule has 1 nitrogen and oxygen atoms in total. The average Bonchev–Trinajstić information content (AvgIpc) is 2.63. The first-order valence-corrected chi connectivity index (χ1v) is 7.82. The molecule has 0 amide bonds. The number of benzene rings is 1. The zero-order chi connectivity index (χ0) is 13.3. The molecule has 0 atom stereocenters. The van der Waals surface area contributed by atoms with Crippen molar-refractivity contribution >= 4 is 20.3 Å². The molecular formula is C17H29NSiTi. The van der Waals surface area contributed by atoms with Gasteiger partial charge in [0.15, 0.2) is 0 Å². The Kier molecular flexibility index (Phi) is 21.1. The van der Waals surface area contributed by atoms with Gasteiger partial charge in [-0.2, -0.15) is 17.5 Å². The number of hydrogen-bond donors (Lipinski definition) is 0. The molecule has 0 saturated carbocycles. The van der Waals surface area contributed by atoms with Crippen molar-refractivity contribution in [2.24, 2.45) is 0 Å². The van der Waals surface area contributed by atoms with E-state index in [1.54, 1.807) is 0 Å². The average molecular weight is 323 g/mol. The minimum atomic E-state index is -0.250. The smallest absolute Gasteiger partial charge is 0.673 e. The van der Waals surface area contributed by atoms with Crippen LogP contribution in [0.25, 0.3) is 16.5 Å². The van der Waals surface area contributed by atoms with Crippen LogP contribution >= 0.6 is 0 Å². The minimum Gasteiger partial charge on any atom is -0.673 e. The van der Waals surface area contributed by atoms with Crippen LogP contribution in [0.15, 0.2) is 42.5 Å². The van der Waals surface area contributed by atoms with Gasteiger partial charge in [-0.15, -0.1) is 35.2 Å². The fraction of sp³-hybridized carbons (Fsp3) is 0.353. The van der Waals surface area contributed by atoms with Crippen LogP contribution in [0, 0.1) is 14.9 Å². The molecule has 3 heteroatoms. The van der Waals surface area contributed by atoms with E-state index in [1.807, 2.05) is 20.8 Å². The standard InChI is InChI=1S/C9H7.C4H10N.C2H6Si.2CH3.Ti/c1-2-5-9-7-3-6-8(9)4-1;1-4(2,3)5;1-3-2;;;/h1-7H;5H,1-3H3;1-2H3;2*1H3;/q2*-1;;2*-1;+4. The molecule has 110 valence electrons. The van der Waals surface area contributed by atoms with E-state index in [9.17, 15) is 0 Å². The van der Waals surface area contributed by atoms with E-state index >= 15 is 0 Å².